The standard InChI is InChI=1S/C15H20BrNO2/c1-11-9-12(5-6-13(11)16)14(18)17-8-4-7-15(2,10-17)19-3/h5-6,9H,4,7-8,10H2,1-3H3. The van der Waals surface area contributed by atoms with Gasteiger partial charge in [0.1, 0.15) is 0 Å². The van der Waals surface area contributed by atoms with Crippen LogP contribution in [-0.2, 0) is 4.74 Å². The quantitative estimate of drug-likeness (QED) is 0.834. The van der Waals surface area contributed by atoms with Crippen LogP contribution in [0.25, 0.3) is 0 Å². The lowest BCUT2D eigenvalue weighted by atomic mass is 9.94. The summed E-state index contributed by atoms with van der Waals surface area (Å²) < 4.78 is 6.57. The molecule has 1 fully saturated rings. The Balaban J connectivity index is 2.17. The fourth-order valence-corrected chi connectivity index (χ4v) is 2.75. The topological polar surface area (TPSA) is 29.5 Å². The first-order chi connectivity index (χ1) is 8.95. The zero-order chi connectivity index (χ0) is 14.0. The summed E-state index contributed by atoms with van der Waals surface area (Å²) in [7, 11) is 1.72. The Morgan fingerprint density at radius 3 is 2.84 bits per heavy atom. The molecule has 2 rings (SSSR count). The molecule has 0 N–H and O–H groups in total. The number of ether oxygens (including phenoxy) is 1. The van der Waals surface area contributed by atoms with Gasteiger partial charge in [-0.05, 0) is 50.5 Å². The average Bonchev–Trinajstić information content (AvgIpc) is 2.41. The van der Waals surface area contributed by atoms with Gasteiger partial charge in [-0.3, -0.25) is 4.79 Å². The fourth-order valence-electron chi connectivity index (χ4n) is 2.51. The van der Waals surface area contributed by atoms with Crippen molar-refractivity contribution in [3.63, 3.8) is 0 Å². The van der Waals surface area contributed by atoms with E-state index in [1.165, 1.54) is 0 Å². The van der Waals surface area contributed by atoms with Crippen LogP contribution in [0.5, 0.6) is 0 Å². The van der Waals surface area contributed by atoms with E-state index in [1.807, 2.05) is 30.0 Å². The van der Waals surface area contributed by atoms with Gasteiger partial charge in [-0.1, -0.05) is 15.9 Å². The lowest BCUT2D eigenvalue weighted by molar-refractivity contribution is -0.0440. The Morgan fingerprint density at radius 1 is 1.47 bits per heavy atom. The number of rotatable bonds is 2. The van der Waals surface area contributed by atoms with Gasteiger partial charge in [0, 0.05) is 30.2 Å². The van der Waals surface area contributed by atoms with Crippen LogP contribution in [0.15, 0.2) is 22.7 Å². The number of hydrogen-bond acceptors (Lipinski definition) is 2. The van der Waals surface area contributed by atoms with Crippen LogP contribution in [-0.4, -0.2) is 36.6 Å². The van der Waals surface area contributed by atoms with Crippen LogP contribution in [0.4, 0.5) is 0 Å². The first-order valence-electron chi connectivity index (χ1n) is 6.56. The number of hydrogen-bond donors (Lipinski definition) is 0. The van der Waals surface area contributed by atoms with Gasteiger partial charge in [-0.2, -0.15) is 0 Å². The minimum absolute atomic E-state index is 0.0959. The van der Waals surface area contributed by atoms with Gasteiger partial charge in [-0.25, -0.2) is 0 Å². The van der Waals surface area contributed by atoms with Crippen LogP contribution in [0.1, 0.15) is 35.7 Å². The van der Waals surface area contributed by atoms with E-state index >= 15 is 0 Å². The summed E-state index contributed by atoms with van der Waals surface area (Å²) in [5.41, 5.74) is 1.62. The number of likely N-dealkylation sites (tertiary alicyclic amines) is 1. The van der Waals surface area contributed by atoms with Crippen LogP contribution in [0.2, 0.25) is 0 Å². The van der Waals surface area contributed by atoms with Crippen molar-refractivity contribution >= 4 is 21.8 Å². The number of aryl methyl sites for hydroxylation is 1. The van der Waals surface area contributed by atoms with Gasteiger partial charge in [0.15, 0.2) is 0 Å². The number of amides is 1. The predicted octanol–water partition coefficient (Wildman–Crippen LogP) is 3.40. The highest BCUT2D eigenvalue weighted by Crippen LogP contribution is 2.26. The molecule has 1 aromatic rings. The molecular weight excluding hydrogens is 306 g/mol. The molecule has 1 aliphatic heterocycles. The number of piperidine rings is 1. The van der Waals surface area contributed by atoms with E-state index in [0.29, 0.717) is 6.54 Å². The molecule has 1 amide bonds. The minimum Gasteiger partial charge on any atom is -0.377 e. The highest BCUT2D eigenvalue weighted by atomic mass is 79.9. The number of methoxy groups -OCH3 is 1. The van der Waals surface area contributed by atoms with Crippen LogP contribution >= 0.6 is 15.9 Å². The number of halogens is 1. The van der Waals surface area contributed by atoms with E-state index < -0.39 is 0 Å². The molecule has 1 atom stereocenters. The summed E-state index contributed by atoms with van der Waals surface area (Å²) in [6, 6.07) is 5.74. The molecule has 0 radical (unpaired) electrons. The molecule has 1 saturated heterocycles. The lowest BCUT2D eigenvalue weighted by Crippen LogP contribution is -2.49. The zero-order valence-electron chi connectivity index (χ0n) is 11.7. The normalized spacial score (nSPS) is 23.5. The lowest BCUT2D eigenvalue weighted by Gasteiger charge is -2.39. The molecule has 4 heteroatoms. The smallest absolute Gasteiger partial charge is 0.253 e. The number of benzene rings is 1. The van der Waals surface area contributed by atoms with Gasteiger partial charge in [0.25, 0.3) is 5.91 Å². The Bertz CT molecular complexity index is 489. The Kier molecular flexibility index (Phi) is 4.31. The van der Waals surface area contributed by atoms with Crippen molar-refractivity contribution in [1.29, 1.82) is 0 Å². The van der Waals surface area contributed by atoms with Crippen LogP contribution in [0, 0.1) is 6.92 Å². The average molecular weight is 326 g/mol. The molecule has 1 aromatic carbocycles. The summed E-state index contributed by atoms with van der Waals surface area (Å²) >= 11 is 3.46. The van der Waals surface area contributed by atoms with Crippen molar-refractivity contribution in [2.24, 2.45) is 0 Å². The van der Waals surface area contributed by atoms with E-state index in [-0.39, 0.29) is 11.5 Å². The Labute approximate surface area is 123 Å². The second kappa shape index (κ2) is 5.63. The van der Waals surface area contributed by atoms with E-state index in [0.717, 1.165) is 35.0 Å². The van der Waals surface area contributed by atoms with Crippen molar-refractivity contribution in [1.82, 2.24) is 4.90 Å². The molecule has 1 aliphatic rings. The first kappa shape index (κ1) is 14.5. The molecule has 0 spiro atoms. The van der Waals surface area contributed by atoms with Crippen molar-refractivity contribution in [3.05, 3.63) is 33.8 Å². The molecule has 19 heavy (non-hydrogen) atoms. The number of nitrogens with zero attached hydrogens (tertiary/aromatic N) is 1. The minimum atomic E-state index is -0.210. The number of carbonyl (C=O) groups is 1. The summed E-state index contributed by atoms with van der Waals surface area (Å²) in [5, 5.41) is 0. The van der Waals surface area contributed by atoms with Gasteiger partial charge < -0.3 is 9.64 Å². The monoisotopic (exact) mass is 325 g/mol. The van der Waals surface area contributed by atoms with Crippen molar-refractivity contribution in [2.45, 2.75) is 32.3 Å². The summed E-state index contributed by atoms with van der Waals surface area (Å²) in [6.45, 7) is 5.54. The second-order valence-corrected chi connectivity index (χ2v) is 6.30. The predicted molar refractivity (Wildman–Crippen MR) is 79.4 cm³/mol. The second-order valence-electron chi connectivity index (χ2n) is 5.45. The van der Waals surface area contributed by atoms with Gasteiger partial charge in [-0.15, -0.1) is 0 Å². The SMILES string of the molecule is COC1(C)CCCN(C(=O)c2ccc(Br)c(C)c2)C1. The molecule has 3 nitrogen and oxygen atoms in total. The summed E-state index contributed by atoms with van der Waals surface area (Å²) in [6.07, 6.45) is 2.00. The third kappa shape index (κ3) is 3.18. The molecule has 0 bridgehead atoms. The maximum absolute atomic E-state index is 12.5. The van der Waals surface area contributed by atoms with Gasteiger partial charge in [0.2, 0.25) is 0 Å². The van der Waals surface area contributed by atoms with Crippen molar-refractivity contribution in [3.8, 4) is 0 Å². The molecule has 0 saturated carbocycles. The highest BCUT2D eigenvalue weighted by molar-refractivity contribution is 9.10. The summed E-state index contributed by atoms with van der Waals surface area (Å²) in [5.74, 6) is 0.0959. The third-order valence-electron chi connectivity index (χ3n) is 3.84. The molecule has 104 valence electrons. The third-order valence-corrected chi connectivity index (χ3v) is 4.73. The largest absolute Gasteiger partial charge is 0.377 e. The molecular formula is C15H20BrNO2. The van der Waals surface area contributed by atoms with Crippen LogP contribution < -0.4 is 0 Å². The zero-order valence-corrected chi connectivity index (χ0v) is 13.3. The maximum atomic E-state index is 12.5. The summed E-state index contributed by atoms with van der Waals surface area (Å²) in [4.78, 5) is 14.4. The number of carbonyl (C=O) groups excluding carboxylic acids is 1. The molecule has 1 heterocycles. The highest BCUT2D eigenvalue weighted by Gasteiger charge is 2.33. The van der Waals surface area contributed by atoms with Crippen molar-refractivity contribution < 1.29 is 9.53 Å². The van der Waals surface area contributed by atoms with Gasteiger partial charge >= 0.3 is 0 Å². The fraction of sp³-hybridized carbons (Fsp3) is 0.533. The van der Waals surface area contributed by atoms with E-state index in [1.54, 1.807) is 7.11 Å². The van der Waals surface area contributed by atoms with E-state index in [4.69, 9.17) is 4.74 Å². The first-order valence-corrected chi connectivity index (χ1v) is 7.35. The van der Waals surface area contributed by atoms with Gasteiger partial charge in [0.05, 0.1) is 5.60 Å². The Morgan fingerprint density at radius 2 is 2.21 bits per heavy atom. The molecule has 0 aromatic heterocycles. The molecule has 1 unspecified atom stereocenters. The van der Waals surface area contributed by atoms with E-state index in [9.17, 15) is 4.79 Å². The van der Waals surface area contributed by atoms with Crippen LogP contribution in [0.3, 0.4) is 0 Å². The van der Waals surface area contributed by atoms with Crippen molar-refractivity contribution in [2.75, 3.05) is 20.2 Å². The van der Waals surface area contributed by atoms with E-state index in [2.05, 4.69) is 22.9 Å². The Hall–Kier alpha value is -0.870. The maximum Gasteiger partial charge on any atom is 0.253 e. The molecule has 0 aliphatic carbocycles.